The summed E-state index contributed by atoms with van der Waals surface area (Å²) in [6.07, 6.45) is 3.36. The van der Waals surface area contributed by atoms with Gasteiger partial charge >= 0.3 is 7.12 Å². The molecule has 0 saturated carbocycles. The fourth-order valence-electron chi connectivity index (χ4n) is 2.49. The number of rotatable bonds is 1. The van der Waals surface area contributed by atoms with Gasteiger partial charge in [-0.15, -0.1) is 0 Å². The summed E-state index contributed by atoms with van der Waals surface area (Å²) in [6, 6.07) is 0. The van der Waals surface area contributed by atoms with Crippen molar-refractivity contribution in [3.8, 4) is 0 Å². The number of hydrogen-bond donors (Lipinski definition) is 1. The van der Waals surface area contributed by atoms with Crippen LogP contribution in [0.25, 0.3) is 0 Å². The first-order valence-electron chi connectivity index (χ1n) is 6.32. The molecule has 2 heterocycles. The van der Waals surface area contributed by atoms with Crippen LogP contribution in [0.4, 0.5) is 0 Å². The van der Waals surface area contributed by atoms with Crippen LogP contribution in [0.15, 0.2) is 0 Å². The molecule has 1 fully saturated rings. The molecule has 0 unspecified atom stereocenters. The van der Waals surface area contributed by atoms with E-state index in [1.54, 1.807) is 0 Å². The van der Waals surface area contributed by atoms with E-state index in [0.29, 0.717) is 0 Å². The van der Waals surface area contributed by atoms with E-state index in [-0.39, 0.29) is 18.3 Å². The Morgan fingerprint density at radius 3 is 2.41 bits per heavy atom. The largest absolute Gasteiger partial charge is 0.514 e. The SMILES string of the molecule is CC1(C)OB(c2[nH]nc3c2CCC3)OC1(C)C. The summed E-state index contributed by atoms with van der Waals surface area (Å²) in [5, 5.41) is 7.45. The molecule has 92 valence electrons. The van der Waals surface area contributed by atoms with E-state index in [9.17, 15) is 0 Å². The van der Waals surface area contributed by atoms with Crippen LogP contribution in [-0.4, -0.2) is 28.5 Å². The van der Waals surface area contributed by atoms with Crippen LogP contribution in [0.2, 0.25) is 0 Å². The van der Waals surface area contributed by atoms with E-state index in [1.807, 2.05) is 0 Å². The molecule has 0 bridgehead atoms. The maximum atomic E-state index is 6.04. The van der Waals surface area contributed by atoms with Gasteiger partial charge in [0.1, 0.15) is 0 Å². The predicted octanol–water partition coefficient (Wildman–Crippen LogP) is 1.20. The van der Waals surface area contributed by atoms with Crippen LogP contribution in [0, 0.1) is 0 Å². The molecule has 4 nitrogen and oxygen atoms in total. The van der Waals surface area contributed by atoms with E-state index in [2.05, 4.69) is 37.9 Å². The fraction of sp³-hybridized carbons (Fsp3) is 0.750. The van der Waals surface area contributed by atoms with Crippen molar-refractivity contribution in [3.63, 3.8) is 0 Å². The molecule has 0 spiro atoms. The standard InChI is InChI=1S/C12H19BN2O2/c1-11(2)12(3,4)17-13(16-11)10-8-6-5-7-9(8)14-15-10/h5-7H2,1-4H3,(H,14,15). The van der Waals surface area contributed by atoms with Crippen molar-refractivity contribution in [2.24, 2.45) is 0 Å². The monoisotopic (exact) mass is 234 g/mol. The molecule has 1 saturated heterocycles. The summed E-state index contributed by atoms with van der Waals surface area (Å²) >= 11 is 0. The van der Waals surface area contributed by atoms with Gasteiger partial charge in [0.05, 0.1) is 22.5 Å². The van der Waals surface area contributed by atoms with Gasteiger partial charge in [-0.2, -0.15) is 5.10 Å². The Morgan fingerprint density at radius 1 is 1.12 bits per heavy atom. The lowest BCUT2D eigenvalue weighted by Crippen LogP contribution is -2.41. The molecule has 5 heteroatoms. The molecule has 3 rings (SSSR count). The van der Waals surface area contributed by atoms with E-state index in [4.69, 9.17) is 9.31 Å². The normalized spacial score (nSPS) is 25.3. The van der Waals surface area contributed by atoms with E-state index < -0.39 is 0 Å². The maximum absolute atomic E-state index is 6.04. The van der Waals surface area contributed by atoms with Gasteiger partial charge in [0.25, 0.3) is 0 Å². The van der Waals surface area contributed by atoms with Crippen molar-refractivity contribution in [3.05, 3.63) is 11.3 Å². The third-order valence-electron chi connectivity index (χ3n) is 4.31. The Balaban J connectivity index is 1.92. The van der Waals surface area contributed by atoms with Crippen molar-refractivity contribution >= 4 is 12.7 Å². The molecule has 0 atom stereocenters. The van der Waals surface area contributed by atoms with Crippen LogP contribution >= 0.6 is 0 Å². The summed E-state index contributed by atoms with van der Waals surface area (Å²) in [6.45, 7) is 8.29. The molecule has 1 aromatic rings. The minimum absolute atomic E-state index is 0.283. The Labute approximate surface area is 102 Å². The average molecular weight is 234 g/mol. The molecule has 0 radical (unpaired) electrons. The third kappa shape index (κ3) is 1.56. The quantitative estimate of drug-likeness (QED) is 0.742. The number of aromatic amines is 1. The maximum Gasteiger partial charge on any atom is 0.514 e. The third-order valence-corrected chi connectivity index (χ3v) is 4.31. The van der Waals surface area contributed by atoms with Crippen LogP contribution in [-0.2, 0) is 22.2 Å². The molecule has 1 aliphatic heterocycles. The minimum atomic E-state index is -0.297. The fourth-order valence-corrected chi connectivity index (χ4v) is 2.49. The predicted molar refractivity (Wildman–Crippen MR) is 66.3 cm³/mol. The molecular weight excluding hydrogens is 215 g/mol. The zero-order valence-electron chi connectivity index (χ0n) is 11.0. The second-order valence-electron chi connectivity index (χ2n) is 6.00. The number of hydrogen-bond acceptors (Lipinski definition) is 3. The highest BCUT2D eigenvalue weighted by Crippen LogP contribution is 2.37. The molecule has 2 aliphatic rings. The molecule has 1 aromatic heterocycles. The van der Waals surface area contributed by atoms with Gasteiger partial charge in [-0.05, 0) is 52.5 Å². The summed E-state index contributed by atoms with van der Waals surface area (Å²) < 4.78 is 12.1. The van der Waals surface area contributed by atoms with E-state index in [0.717, 1.165) is 18.4 Å². The van der Waals surface area contributed by atoms with Crippen molar-refractivity contribution < 1.29 is 9.31 Å². The second-order valence-corrected chi connectivity index (χ2v) is 6.00. The van der Waals surface area contributed by atoms with Gasteiger partial charge in [0, 0.05) is 0 Å². The lowest BCUT2D eigenvalue weighted by atomic mass is 9.81. The molecule has 0 amide bonds. The highest BCUT2D eigenvalue weighted by atomic mass is 16.7. The van der Waals surface area contributed by atoms with E-state index >= 15 is 0 Å². The number of aryl methyl sites for hydroxylation is 1. The Bertz CT molecular complexity index is 437. The number of nitrogens with one attached hydrogen (secondary N) is 1. The molecule has 1 aliphatic carbocycles. The summed E-state index contributed by atoms with van der Waals surface area (Å²) in [5.41, 5.74) is 2.96. The van der Waals surface area contributed by atoms with Crippen LogP contribution in [0.3, 0.4) is 0 Å². The highest BCUT2D eigenvalue weighted by Gasteiger charge is 2.53. The Morgan fingerprint density at radius 2 is 1.76 bits per heavy atom. The lowest BCUT2D eigenvalue weighted by Gasteiger charge is -2.32. The summed E-state index contributed by atoms with van der Waals surface area (Å²) in [7, 11) is -0.297. The van der Waals surface area contributed by atoms with Gasteiger partial charge in [0.15, 0.2) is 0 Å². The van der Waals surface area contributed by atoms with E-state index in [1.165, 1.54) is 17.7 Å². The number of fused-ring (bicyclic) bond motifs is 1. The van der Waals surface area contributed by atoms with Gasteiger partial charge in [0.2, 0.25) is 0 Å². The first-order chi connectivity index (χ1) is 7.91. The Hall–Kier alpha value is -0.805. The first-order valence-corrected chi connectivity index (χ1v) is 6.32. The minimum Gasteiger partial charge on any atom is -0.398 e. The number of H-pyrrole nitrogens is 1. The van der Waals surface area contributed by atoms with Crippen molar-refractivity contribution in [1.82, 2.24) is 10.2 Å². The average Bonchev–Trinajstić information content (AvgIpc) is 2.78. The molecule has 1 N–H and O–H groups in total. The highest BCUT2D eigenvalue weighted by molar-refractivity contribution is 6.61. The number of nitrogens with zero attached hydrogens (tertiary/aromatic N) is 1. The lowest BCUT2D eigenvalue weighted by molar-refractivity contribution is 0.00578. The first kappa shape index (κ1) is 11.3. The Kier molecular flexibility index (Phi) is 2.23. The number of aromatic nitrogens is 2. The van der Waals surface area contributed by atoms with Crippen LogP contribution in [0.5, 0.6) is 0 Å². The zero-order chi connectivity index (χ0) is 12.3. The molecule has 0 aromatic carbocycles. The topological polar surface area (TPSA) is 47.1 Å². The summed E-state index contributed by atoms with van der Waals surface area (Å²) in [4.78, 5) is 0. The molecular formula is C12H19BN2O2. The van der Waals surface area contributed by atoms with Gasteiger partial charge in [-0.25, -0.2) is 0 Å². The van der Waals surface area contributed by atoms with Crippen molar-refractivity contribution in [1.29, 1.82) is 0 Å². The van der Waals surface area contributed by atoms with Crippen LogP contribution in [0.1, 0.15) is 45.4 Å². The van der Waals surface area contributed by atoms with Gasteiger partial charge in [-0.3, -0.25) is 5.10 Å². The van der Waals surface area contributed by atoms with Crippen molar-refractivity contribution in [2.75, 3.05) is 0 Å². The smallest absolute Gasteiger partial charge is 0.398 e. The second kappa shape index (κ2) is 3.36. The van der Waals surface area contributed by atoms with Crippen LogP contribution < -0.4 is 5.59 Å². The zero-order valence-corrected chi connectivity index (χ0v) is 11.0. The van der Waals surface area contributed by atoms with Gasteiger partial charge < -0.3 is 9.31 Å². The van der Waals surface area contributed by atoms with Crippen molar-refractivity contribution in [2.45, 2.75) is 58.2 Å². The molecule has 17 heavy (non-hydrogen) atoms. The van der Waals surface area contributed by atoms with Gasteiger partial charge in [-0.1, -0.05) is 0 Å². The summed E-state index contributed by atoms with van der Waals surface area (Å²) in [5.74, 6) is 0.